The van der Waals surface area contributed by atoms with Crippen LogP contribution in [0.25, 0.3) is 16.8 Å². The van der Waals surface area contributed by atoms with E-state index in [9.17, 15) is 0 Å². The maximum Gasteiger partial charge on any atom is 0.178 e. The van der Waals surface area contributed by atoms with Gasteiger partial charge in [-0.05, 0) is 40.1 Å². The van der Waals surface area contributed by atoms with Gasteiger partial charge in [-0.3, -0.25) is 0 Å². The van der Waals surface area contributed by atoms with Gasteiger partial charge in [0, 0.05) is 42.9 Å². The fourth-order valence-corrected chi connectivity index (χ4v) is 5.98. The minimum atomic E-state index is -0.746. The molecule has 0 radical (unpaired) electrons. The van der Waals surface area contributed by atoms with Gasteiger partial charge in [-0.2, -0.15) is 0 Å². The normalized spacial score (nSPS) is 25.1. The Balaban J connectivity index is 1.35. The zero-order valence-corrected chi connectivity index (χ0v) is 21.4. The van der Waals surface area contributed by atoms with E-state index in [0.29, 0.717) is 6.61 Å². The first-order valence-corrected chi connectivity index (χ1v) is 13.6. The zero-order valence-electron chi connectivity index (χ0n) is 21.4. The van der Waals surface area contributed by atoms with Gasteiger partial charge in [-0.1, -0.05) is 78.9 Å². The molecule has 3 aliphatic heterocycles. The number of hydrogen-bond donors (Lipinski definition) is 2. The lowest BCUT2D eigenvalue weighted by Crippen LogP contribution is -2.35. The molecule has 3 atom stereocenters. The summed E-state index contributed by atoms with van der Waals surface area (Å²) in [6.07, 6.45) is 4.51. The molecular weight excluding hydrogens is 472 g/mol. The molecule has 2 fully saturated rings. The zero-order chi connectivity index (χ0) is 25.4. The van der Waals surface area contributed by atoms with Crippen LogP contribution in [0.4, 0.5) is 0 Å². The number of ether oxygens (including phenoxy) is 3. The SMILES string of the molecule is C1=CC(c2ccccc2)(c2ccc(C3CNCCO3)cc2)Oc2cc(C3CNCCO3)c3ccccc3c21. The van der Waals surface area contributed by atoms with Crippen molar-refractivity contribution in [2.45, 2.75) is 17.8 Å². The van der Waals surface area contributed by atoms with Crippen LogP contribution in [0.15, 0.2) is 91.0 Å². The van der Waals surface area contributed by atoms with Crippen LogP contribution in [0.2, 0.25) is 0 Å². The number of morpholine rings is 2. The number of fused-ring (bicyclic) bond motifs is 3. The van der Waals surface area contributed by atoms with Gasteiger partial charge >= 0.3 is 0 Å². The van der Waals surface area contributed by atoms with E-state index in [1.807, 2.05) is 6.07 Å². The minimum Gasteiger partial charge on any atom is -0.473 e. The van der Waals surface area contributed by atoms with Crippen molar-refractivity contribution in [3.63, 3.8) is 0 Å². The summed E-state index contributed by atoms with van der Waals surface area (Å²) in [5.74, 6) is 0.878. The van der Waals surface area contributed by atoms with E-state index in [-0.39, 0.29) is 12.2 Å². The lowest BCUT2D eigenvalue weighted by molar-refractivity contribution is 0.0276. The van der Waals surface area contributed by atoms with Crippen LogP contribution in [-0.4, -0.2) is 39.4 Å². The second-order valence-electron chi connectivity index (χ2n) is 10.2. The van der Waals surface area contributed by atoms with Crippen LogP contribution in [-0.2, 0) is 15.1 Å². The third kappa shape index (κ3) is 4.12. The molecule has 0 aromatic heterocycles. The second kappa shape index (κ2) is 10.0. The highest BCUT2D eigenvalue weighted by Gasteiger charge is 2.38. The largest absolute Gasteiger partial charge is 0.473 e. The van der Waals surface area contributed by atoms with E-state index in [0.717, 1.165) is 55.2 Å². The Morgan fingerprint density at radius 3 is 2.05 bits per heavy atom. The third-order valence-electron chi connectivity index (χ3n) is 7.95. The summed E-state index contributed by atoms with van der Waals surface area (Å²) in [5, 5.41) is 9.31. The minimum absolute atomic E-state index is 0.0111. The topological polar surface area (TPSA) is 51.8 Å². The summed E-state index contributed by atoms with van der Waals surface area (Å²) >= 11 is 0. The molecule has 7 rings (SSSR count). The van der Waals surface area contributed by atoms with Crippen molar-refractivity contribution >= 4 is 16.8 Å². The Kier molecular flexibility index (Phi) is 6.22. The van der Waals surface area contributed by atoms with Crippen molar-refractivity contribution in [1.82, 2.24) is 10.6 Å². The molecule has 0 aliphatic carbocycles. The molecule has 3 unspecified atom stereocenters. The van der Waals surface area contributed by atoms with Gasteiger partial charge < -0.3 is 24.8 Å². The van der Waals surface area contributed by atoms with Crippen molar-refractivity contribution in [1.29, 1.82) is 0 Å². The molecule has 0 bridgehead atoms. The molecule has 3 heterocycles. The molecule has 5 heteroatoms. The first-order valence-electron chi connectivity index (χ1n) is 13.6. The molecule has 5 nitrogen and oxygen atoms in total. The predicted molar refractivity (Wildman–Crippen MR) is 150 cm³/mol. The summed E-state index contributed by atoms with van der Waals surface area (Å²) in [4.78, 5) is 0. The van der Waals surface area contributed by atoms with Crippen molar-refractivity contribution in [3.8, 4) is 5.75 Å². The Bertz CT molecular complexity index is 1460. The highest BCUT2D eigenvalue weighted by molar-refractivity contribution is 5.96. The number of rotatable bonds is 4. The highest BCUT2D eigenvalue weighted by Crippen LogP contribution is 2.46. The fourth-order valence-electron chi connectivity index (χ4n) is 5.98. The van der Waals surface area contributed by atoms with Crippen LogP contribution in [0.1, 0.15) is 40.0 Å². The van der Waals surface area contributed by atoms with E-state index in [2.05, 4.69) is 102 Å². The quantitative estimate of drug-likeness (QED) is 0.384. The smallest absolute Gasteiger partial charge is 0.178 e. The fraction of sp³-hybridized carbons (Fsp3) is 0.273. The molecule has 0 saturated carbocycles. The van der Waals surface area contributed by atoms with E-state index in [4.69, 9.17) is 14.2 Å². The van der Waals surface area contributed by atoms with Crippen LogP contribution >= 0.6 is 0 Å². The first kappa shape index (κ1) is 23.6. The van der Waals surface area contributed by atoms with Crippen LogP contribution in [0, 0.1) is 0 Å². The van der Waals surface area contributed by atoms with Gasteiger partial charge in [0.15, 0.2) is 5.60 Å². The first-order chi connectivity index (χ1) is 18.8. The summed E-state index contributed by atoms with van der Waals surface area (Å²) in [6.45, 7) is 4.86. The summed E-state index contributed by atoms with van der Waals surface area (Å²) in [7, 11) is 0. The Hall–Kier alpha value is -3.48. The van der Waals surface area contributed by atoms with E-state index < -0.39 is 5.60 Å². The van der Waals surface area contributed by atoms with Gasteiger partial charge in [-0.25, -0.2) is 0 Å². The maximum absolute atomic E-state index is 7.11. The summed E-state index contributed by atoms with van der Waals surface area (Å²) in [6, 6.07) is 30.0. The summed E-state index contributed by atoms with van der Waals surface area (Å²) in [5.41, 5.74) is 4.89. The predicted octanol–water partition coefficient (Wildman–Crippen LogP) is 5.51. The molecular formula is C33H32N2O3. The van der Waals surface area contributed by atoms with Crippen LogP contribution in [0.3, 0.4) is 0 Å². The Morgan fingerprint density at radius 2 is 1.34 bits per heavy atom. The van der Waals surface area contributed by atoms with Gasteiger partial charge in [0.05, 0.1) is 25.4 Å². The molecule has 4 aromatic carbocycles. The maximum atomic E-state index is 7.11. The Morgan fingerprint density at radius 1 is 0.684 bits per heavy atom. The van der Waals surface area contributed by atoms with Gasteiger partial charge in [-0.15, -0.1) is 0 Å². The van der Waals surface area contributed by atoms with Gasteiger partial charge in [0.1, 0.15) is 5.75 Å². The third-order valence-corrected chi connectivity index (χ3v) is 7.95. The lowest BCUT2D eigenvalue weighted by Gasteiger charge is -2.37. The monoisotopic (exact) mass is 504 g/mol. The lowest BCUT2D eigenvalue weighted by atomic mass is 9.82. The molecule has 2 N–H and O–H groups in total. The number of benzene rings is 4. The van der Waals surface area contributed by atoms with Crippen molar-refractivity contribution in [2.75, 3.05) is 39.4 Å². The van der Waals surface area contributed by atoms with Crippen molar-refractivity contribution < 1.29 is 14.2 Å². The Labute approximate surface area is 223 Å². The second-order valence-corrected chi connectivity index (χ2v) is 10.2. The van der Waals surface area contributed by atoms with Gasteiger partial charge in [0.25, 0.3) is 0 Å². The number of hydrogen-bond acceptors (Lipinski definition) is 5. The number of nitrogens with one attached hydrogen (secondary N) is 2. The van der Waals surface area contributed by atoms with Crippen LogP contribution in [0.5, 0.6) is 5.75 Å². The summed E-state index contributed by atoms with van der Waals surface area (Å²) < 4.78 is 19.3. The highest BCUT2D eigenvalue weighted by atomic mass is 16.5. The molecule has 3 aliphatic rings. The molecule has 4 aromatic rings. The van der Waals surface area contributed by atoms with Gasteiger partial charge in [0.2, 0.25) is 0 Å². The van der Waals surface area contributed by atoms with E-state index in [1.165, 1.54) is 21.9 Å². The molecule has 192 valence electrons. The van der Waals surface area contributed by atoms with Crippen molar-refractivity contribution in [2.24, 2.45) is 0 Å². The molecule has 0 amide bonds. The standard InChI is InChI=1S/C33H32N2O3/c1-2-6-24(7-3-1)33(25-12-10-23(11-13-25)31-21-34-16-18-36-31)15-14-28-26-8-4-5-9-27(26)29(20-30(28)38-33)32-22-35-17-19-37-32/h1-15,20,31-32,34-35H,16-19,21-22H2. The van der Waals surface area contributed by atoms with E-state index >= 15 is 0 Å². The molecule has 2 saturated heterocycles. The van der Waals surface area contributed by atoms with Crippen molar-refractivity contribution in [3.05, 3.63) is 119 Å². The molecule has 38 heavy (non-hydrogen) atoms. The average molecular weight is 505 g/mol. The van der Waals surface area contributed by atoms with Crippen LogP contribution < -0.4 is 15.4 Å². The average Bonchev–Trinajstić information content (AvgIpc) is 3.02. The van der Waals surface area contributed by atoms with E-state index in [1.54, 1.807) is 0 Å². The molecule has 0 spiro atoms.